The number of carbonyl (C=O) groups excluding carboxylic acids is 1. The van der Waals surface area contributed by atoms with E-state index in [0.717, 1.165) is 36.0 Å². The van der Waals surface area contributed by atoms with E-state index >= 15 is 0 Å². The van der Waals surface area contributed by atoms with Crippen LogP contribution >= 0.6 is 11.6 Å². The second-order valence-electron chi connectivity index (χ2n) is 6.99. The normalized spacial score (nSPS) is 16.3. The molecule has 0 aliphatic heterocycles. The van der Waals surface area contributed by atoms with Gasteiger partial charge in [0.25, 0.3) is 0 Å². The number of amides is 1. The Balaban J connectivity index is 1.69. The van der Waals surface area contributed by atoms with Gasteiger partial charge in [0.15, 0.2) is 0 Å². The molecule has 1 atom stereocenters. The molecule has 1 aliphatic carbocycles. The molecule has 2 aromatic rings. The molecule has 25 heavy (non-hydrogen) atoms. The largest absolute Gasteiger partial charge is 0.508 e. The van der Waals surface area contributed by atoms with E-state index in [1.807, 2.05) is 43.3 Å². The van der Waals surface area contributed by atoms with Crippen molar-refractivity contribution in [2.45, 2.75) is 51.0 Å². The lowest BCUT2D eigenvalue weighted by Crippen LogP contribution is -2.42. The van der Waals surface area contributed by atoms with Gasteiger partial charge < -0.3 is 10.4 Å². The number of hydrogen-bond donors (Lipinski definition) is 2. The van der Waals surface area contributed by atoms with Crippen molar-refractivity contribution in [1.82, 2.24) is 5.32 Å². The van der Waals surface area contributed by atoms with Gasteiger partial charge in [0.05, 0.1) is 5.41 Å². The molecule has 0 heterocycles. The van der Waals surface area contributed by atoms with E-state index in [0.29, 0.717) is 17.2 Å². The molecule has 0 spiro atoms. The molecule has 0 saturated heterocycles. The molecule has 3 nitrogen and oxygen atoms in total. The van der Waals surface area contributed by atoms with Crippen LogP contribution in [0.1, 0.15) is 42.9 Å². The molecule has 0 radical (unpaired) electrons. The Bertz CT molecular complexity index is 766. The SMILES string of the molecule is CCC(Cc1ccc(C)c(O)c1)NC(=O)C1(c2ccc(Cl)cc2)CC1. The zero-order chi connectivity index (χ0) is 18.0. The minimum Gasteiger partial charge on any atom is -0.508 e. The second kappa shape index (κ2) is 7.09. The summed E-state index contributed by atoms with van der Waals surface area (Å²) in [7, 11) is 0. The van der Waals surface area contributed by atoms with Gasteiger partial charge in [-0.05, 0) is 67.5 Å². The van der Waals surface area contributed by atoms with E-state index in [-0.39, 0.29) is 11.9 Å². The molecule has 3 rings (SSSR count). The fourth-order valence-electron chi connectivity index (χ4n) is 3.23. The Morgan fingerprint density at radius 2 is 1.92 bits per heavy atom. The number of phenols is 1. The smallest absolute Gasteiger partial charge is 0.230 e. The van der Waals surface area contributed by atoms with Gasteiger partial charge in [-0.15, -0.1) is 0 Å². The summed E-state index contributed by atoms with van der Waals surface area (Å²) in [5.41, 5.74) is 2.54. The molecule has 1 fully saturated rings. The highest BCUT2D eigenvalue weighted by molar-refractivity contribution is 6.30. The summed E-state index contributed by atoms with van der Waals surface area (Å²) in [6.45, 7) is 3.95. The van der Waals surface area contributed by atoms with Crippen molar-refractivity contribution in [2.75, 3.05) is 0 Å². The molecule has 1 aliphatic rings. The van der Waals surface area contributed by atoms with Gasteiger partial charge in [-0.1, -0.05) is 42.8 Å². The second-order valence-corrected chi connectivity index (χ2v) is 7.43. The quantitative estimate of drug-likeness (QED) is 0.798. The molecule has 1 amide bonds. The van der Waals surface area contributed by atoms with Crippen LogP contribution in [0.25, 0.3) is 0 Å². The monoisotopic (exact) mass is 357 g/mol. The van der Waals surface area contributed by atoms with Gasteiger partial charge in [0.2, 0.25) is 5.91 Å². The molecular weight excluding hydrogens is 334 g/mol. The summed E-state index contributed by atoms with van der Waals surface area (Å²) in [5.74, 6) is 0.400. The Morgan fingerprint density at radius 3 is 2.48 bits per heavy atom. The first-order valence-electron chi connectivity index (χ1n) is 8.80. The summed E-state index contributed by atoms with van der Waals surface area (Å²) in [6, 6.07) is 13.4. The molecule has 1 saturated carbocycles. The van der Waals surface area contributed by atoms with Crippen molar-refractivity contribution in [1.29, 1.82) is 0 Å². The first kappa shape index (κ1) is 17.8. The van der Waals surface area contributed by atoms with E-state index in [4.69, 9.17) is 11.6 Å². The van der Waals surface area contributed by atoms with Crippen LogP contribution in [0.2, 0.25) is 5.02 Å². The summed E-state index contributed by atoms with van der Waals surface area (Å²) in [5, 5.41) is 13.8. The zero-order valence-electron chi connectivity index (χ0n) is 14.7. The Labute approximate surface area is 154 Å². The maximum absolute atomic E-state index is 12.9. The van der Waals surface area contributed by atoms with Crippen molar-refractivity contribution in [3.8, 4) is 5.75 Å². The molecule has 2 N–H and O–H groups in total. The van der Waals surface area contributed by atoms with E-state index in [2.05, 4.69) is 12.2 Å². The average Bonchev–Trinajstić information content (AvgIpc) is 3.40. The van der Waals surface area contributed by atoms with Gasteiger partial charge >= 0.3 is 0 Å². The number of halogens is 1. The molecule has 2 aromatic carbocycles. The maximum atomic E-state index is 12.9. The summed E-state index contributed by atoms with van der Waals surface area (Å²) in [4.78, 5) is 12.9. The van der Waals surface area contributed by atoms with Crippen molar-refractivity contribution < 1.29 is 9.90 Å². The number of nitrogens with one attached hydrogen (secondary N) is 1. The minimum absolute atomic E-state index is 0.0550. The number of carbonyl (C=O) groups is 1. The Kier molecular flexibility index (Phi) is 5.05. The van der Waals surface area contributed by atoms with E-state index in [1.54, 1.807) is 6.07 Å². The maximum Gasteiger partial charge on any atom is 0.230 e. The van der Waals surface area contributed by atoms with Crippen LogP contribution in [0.4, 0.5) is 0 Å². The number of aromatic hydroxyl groups is 1. The molecule has 132 valence electrons. The van der Waals surface area contributed by atoms with Gasteiger partial charge in [-0.3, -0.25) is 4.79 Å². The molecule has 4 heteroatoms. The first-order chi connectivity index (χ1) is 11.9. The van der Waals surface area contributed by atoms with Crippen LogP contribution in [0.3, 0.4) is 0 Å². The summed E-state index contributed by atoms with van der Waals surface area (Å²) < 4.78 is 0. The molecule has 0 aromatic heterocycles. The molecular formula is C21H24ClNO2. The van der Waals surface area contributed by atoms with Crippen molar-refractivity contribution in [2.24, 2.45) is 0 Å². The third kappa shape index (κ3) is 3.82. The highest BCUT2D eigenvalue weighted by Crippen LogP contribution is 2.48. The average molecular weight is 358 g/mol. The third-order valence-corrected chi connectivity index (χ3v) is 5.42. The lowest BCUT2D eigenvalue weighted by Gasteiger charge is -2.22. The Morgan fingerprint density at radius 1 is 1.24 bits per heavy atom. The molecule has 0 bridgehead atoms. The highest BCUT2D eigenvalue weighted by atomic mass is 35.5. The van der Waals surface area contributed by atoms with Crippen LogP contribution in [0.5, 0.6) is 5.75 Å². The number of hydrogen-bond acceptors (Lipinski definition) is 2. The third-order valence-electron chi connectivity index (χ3n) is 5.17. The summed E-state index contributed by atoms with van der Waals surface area (Å²) >= 11 is 5.96. The van der Waals surface area contributed by atoms with Crippen LogP contribution in [-0.2, 0) is 16.6 Å². The van der Waals surface area contributed by atoms with Crippen molar-refractivity contribution >= 4 is 17.5 Å². The number of aryl methyl sites for hydroxylation is 1. The van der Waals surface area contributed by atoms with E-state index in [1.165, 1.54) is 0 Å². The fraction of sp³-hybridized carbons (Fsp3) is 0.381. The Hall–Kier alpha value is -2.00. The van der Waals surface area contributed by atoms with Crippen LogP contribution in [-0.4, -0.2) is 17.1 Å². The number of benzene rings is 2. The van der Waals surface area contributed by atoms with Gasteiger partial charge in [0.1, 0.15) is 5.75 Å². The number of phenolic OH excluding ortho intramolecular Hbond substituents is 1. The standard InChI is InChI=1S/C21H24ClNO2/c1-3-18(12-15-5-4-14(2)19(24)13-15)23-20(25)21(10-11-21)16-6-8-17(22)9-7-16/h4-9,13,18,24H,3,10-12H2,1-2H3,(H,23,25). The highest BCUT2D eigenvalue weighted by Gasteiger charge is 2.51. The van der Waals surface area contributed by atoms with Crippen LogP contribution in [0, 0.1) is 6.92 Å². The summed E-state index contributed by atoms with van der Waals surface area (Å²) in [6.07, 6.45) is 3.31. The predicted octanol–water partition coefficient (Wildman–Crippen LogP) is 4.52. The zero-order valence-corrected chi connectivity index (χ0v) is 15.4. The number of rotatable bonds is 6. The van der Waals surface area contributed by atoms with Gasteiger partial charge in [-0.25, -0.2) is 0 Å². The minimum atomic E-state index is -0.395. The van der Waals surface area contributed by atoms with Gasteiger partial charge in [-0.2, -0.15) is 0 Å². The van der Waals surface area contributed by atoms with Crippen molar-refractivity contribution in [3.05, 3.63) is 64.2 Å². The topological polar surface area (TPSA) is 49.3 Å². The van der Waals surface area contributed by atoms with E-state index < -0.39 is 5.41 Å². The van der Waals surface area contributed by atoms with Crippen molar-refractivity contribution in [3.63, 3.8) is 0 Å². The van der Waals surface area contributed by atoms with Gasteiger partial charge in [0, 0.05) is 11.1 Å². The van der Waals surface area contributed by atoms with Crippen LogP contribution < -0.4 is 5.32 Å². The molecule has 1 unspecified atom stereocenters. The lowest BCUT2D eigenvalue weighted by molar-refractivity contribution is -0.124. The van der Waals surface area contributed by atoms with Crippen LogP contribution in [0.15, 0.2) is 42.5 Å². The fourth-order valence-corrected chi connectivity index (χ4v) is 3.35. The first-order valence-corrected chi connectivity index (χ1v) is 9.18. The lowest BCUT2D eigenvalue weighted by atomic mass is 9.94. The predicted molar refractivity (Wildman–Crippen MR) is 101 cm³/mol. The van der Waals surface area contributed by atoms with E-state index in [9.17, 15) is 9.90 Å².